The molecule has 3 N–H and O–H groups in total. The van der Waals surface area contributed by atoms with Gasteiger partial charge in [-0.25, -0.2) is 0 Å². The number of thiophene rings is 1. The van der Waals surface area contributed by atoms with Gasteiger partial charge in [-0.3, -0.25) is 18.8 Å². The Labute approximate surface area is 126 Å². The van der Waals surface area contributed by atoms with Gasteiger partial charge >= 0.3 is 11.9 Å². The van der Waals surface area contributed by atoms with Crippen LogP contribution >= 0.6 is 18.9 Å². The third-order valence-electron chi connectivity index (χ3n) is 2.79. The highest BCUT2D eigenvalue weighted by Gasteiger charge is 2.36. The lowest BCUT2D eigenvalue weighted by Crippen LogP contribution is -2.36. The maximum Gasteiger partial charge on any atom is 0.305 e. The first-order chi connectivity index (χ1) is 9.77. The molecule has 1 aromatic heterocycles. The van der Waals surface area contributed by atoms with Gasteiger partial charge in [0.05, 0.1) is 24.6 Å². The second kappa shape index (κ2) is 7.59. The van der Waals surface area contributed by atoms with Crippen LogP contribution in [0.3, 0.4) is 0 Å². The molecular weight excluding hydrogens is 317 g/mol. The number of anilines is 1. The van der Waals surface area contributed by atoms with Crippen molar-refractivity contribution in [1.82, 2.24) is 0 Å². The molecule has 21 heavy (non-hydrogen) atoms. The third-order valence-corrected chi connectivity index (χ3v) is 5.72. The quantitative estimate of drug-likeness (QED) is 0.594. The van der Waals surface area contributed by atoms with Crippen LogP contribution in [0.4, 0.5) is 5.69 Å². The zero-order valence-electron chi connectivity index (χ0n) is 11.5. The van der Waals surface area contributed by atoms with Gasteiger partial charge in [-0.1, -0.05) is 6.92 Å². The van der Waals surface area contributed by atoms with Crippen LogP contribution in [0.1, 0.15) is 26.2 Å². The first kappa shape index (κ1) is 17.7. The number of aliphatic carboxylic acids is 2. The van der Waals surface area contributed by atoms with E-state index < -0.39 is 38.3 Å². The lowest BCUT2D eigenvalue weighted by molar-refractivity contribution is -0.139. The molecule has 7 nitrogen and oxygen atoms in total. The molecule has 1 unspecified atom stereocenters. The Morgan fingerprint density at radius 2 is 1.90 bits per heavy atom. The average Bonchev–Trinajstić information content (AvgIpc) is 2.79. The number of carboxylic acid groups (broad SMARTS) is 2. The summed E-state index contributed by atoms with van der Waals surface area (Å²) < 4.78 is 13.6. The number of nitrogens with zero attached hydrogens (tertiary/aromatic N) is 1. The summed E-state index contributed by atoms with van der Waals surface area (Å²) in [5, 5.41) is 21.2. The van der Waals surface area contributed by atoms with Gasteiger partial charge < -0.3 is 15.1 Å². The summed E-state index contributed by atoms with van der Waals surface area (Å²) >= 11 is 1.29. The van der Waals surface area contributed by atoms with Crippen molar-refractivity contribution in [3.05, 3.63) is 16.8 Å². The van der Waals surface area contributed by atoms with Crippen LogP contribution in [0.15, 0.2) is 16.8 Å². The van der Waals surface area contributed by atoms with Crippen LogP contribution in [0.5, 0.6) is 0 Å². The molecule has 1 heterocycles. The molecule has 0 radical (unpaired) electrons. The second-order valence-corrected chi connectivity index (χ2v) is 7.55. The van der Waals surface area contributed by atoms with Crippen molar-refractivity contribution in [3.8, 4) is 0 Å². The number of hydrogen-bond donors (Lipinski definition) is 3. The highest BCUT2D eigenvalue weighted by Crippen LogP contribution is 2.51. The van der Waals surface area contributed by atoms with Gasteiger partial charge in [0, 0.05) is 11.5 Å². The molecule has 0 bridgehead atoms. The molecule has 1 atom stereocenters. The van der Waals surface area contributed by atoms with Crippen molar-refractivity contribution in [2.45, 2.75) is 32.2 Å². The fourth-order valence-corrected chi connectivity index (χ4v) is 4.74. The summed E-state index contributed by atoms with van der Waals surface area (Å²) in [7, 11) is -3.85. The van der Waals surface area contributed by atoms with E-state index in [9.17, 15) is 19.0 Å². The molecule has 0 aliphatic rings. The van der Waals surface area contributed by atoms with Crippen molar-refractivity contribution in [2.24, 2.45) is 0 Å². The van der Waals surface area contributed by atoms with Crippen molar-refractivity contribution in [3.63, 3.8) is 0 Å². The van der Waals surface area contributed by atoms with Crippen molar-refractivity contribution in [2.75, 3.05) is 10.8 Å². The third kappa shape index (κ3) is 5.15. The first-order valence-electron chi connectivity index (χ1n) is 6.35. The maximum atomic E-state index is 12.5. The summed E-state index contributed by atoms with van der Waals surface area (Å²) in [6.07, 6.45) is -0.632. The minimum Gasteiger partial charge on any atom is -0.481 e. The average molecular weight is 335 g/mol. The topological polar surface area (TPSA) is 115 Å². The van der Waals surface area contributed by atoms with Gasteiger partial charge in [0.2, 0.25) is 0 Å². The van der Waals surface area contributed by atoms with Crippen LogP contribution in [0.2, 0.25) is 0 Å². The number of rotatable bonds is 9. The van der Waals surface area contributed by atoms with E-state index >= 15 is 0 Å². The Bertz CT molecular complexity index is 516. The SMILES string of the molecule is CCCP(=O)(O)N(c1ccsc1)C(CC(=O)O)CC(=O)O. The molecule has 0 spiro atoms. The second-order valence-electron chi connectivity index (χ2n) is 4.56. The Hall–Kier alpha value is -1.37. The zero-order chi connectivity index (χ0) is 16.0. The van der Waals surface area contributed by atoms with E-state index in [0.717, 1.165) is 4.67 Å². The van der Waals surface area contributed by atoms with Crippen molar-refractivity contribution in [1.29, 1.82) is 0 Å². The number of hydrogen-bond acceptors (Lipinski definition) is 4. The van der Waals surface area contributed by atoms with Gasteiger partial charge in [0.1, 0.15) is 0 Å². The molecule has 0 saturated carbocycles. The van der Waals surface area contributed by atoms with E-state index in [1.165, 1.54) is 11.3 Å². The zero-order valence-corrected chi connectivity index (χ0v) is 13.2. The summed E-state index contributed by atoms with van der Waals surface area (Å²) in [6, 6.07) is 0.511. The van der Waals surface area contributed by atoms with E-state index in [0.29, 0.717) is 12.1 Å². The molecule has 0 aliphatic carbocycles. The summed E-state index contributed by atoms with van der Waals surface area (Å²) in [6.45, 7) is 1.73. The van der Waals surface area contributed by atoms with Crippen LogP contribution in [-0.4, -0.2) is 39.2 Å². The minimum absolute atomic E-state index is 0.0292. The van der Waals surface area contributed by atoms with Gasteiger partial charge in [0.15, 0.2) is 0 Å². The van der Waals surface area contributed by atoms with E-state index in [-0.39, 0.29) is 6.16 Å². The molecule has 118 valence electrons. The molecule has 0 aromatic carbocycles. The Morgan fingerprint density at radius 3 is 2.29 bits per heavy atom. The van der Waals surface area contributed by atoms with Crippen molar-refractivity contribution >= 4 is 36.5 Å². The van der Waals surface area contributed by atoms with E-state index in [2.05, 4.69) is 0 Å². The molecule has 0 saturated heterocycles. The molecule has 9 heteroatoms. The molecule has 0 fully saturated rings. The molecule has 1 rings (SSSR count). The van der Waals surface area contributed by atoms with E-state index in [4.69, 9.17) is 10.2 Å². The standard InChI is InChI=1S/C12H18NO6PS/c1-2-4-20(18,19)13(9-3-5-21-8-9)10(6-11(14)15)7-12(16)17/h3,5,8,10H,2,4,6-7H2,1H3,(H,14,15)(H,16,17)(H,18,19). The smallest absolute Gasteiger partial charge is 0.305 e. The minimum atomic E-state index is -3.85. The Balaban J connectivity index is 3.21. The Kier molecular flexibility index (Phi) is 6.39. The Morgan fingerprint density at radius 1 is 1.33 bits per heavy atom. The van der Waals surface area contributed by atoms with E-state index in [1.54, 1.807) is 23.8 Å². The highest BCUT2D eigenvalue weighted by atomic mass is 32.1. The van der Waals surface area contributed by atoms with Gasteiger partial charge in [-0.05, 0) is 17.9 Å². The van der Waals surface area contributed by atoms with Crippen LogP contribution in [-0.2, 0) is 14.2 Å². The van der Waals surface area contributed by atoms with Gasteiger partial charge in [-0.15, -0.1) is 0 Å². The number of carbonyl (C=O) groups is 2. The monoisotopic (exact) mass is 335 g/mol. The maximum absolute atomic E-state index is 12.5. The molecule has 1 aromatic rings. The summed E-state index contributed by atoms with van der Waals surface area (Å²) in [5.74, 6) is -2.42. The fraction of sp³-hybridized carbons (Fsp3) is 0.500. The van der Waals surface area contributed by atoms with Gasteiger partial charge in [0.25, 0.3) is 7.52 Å². The summed E-state index contributed by atoms with van der Waals surface area (Å²) in [5.41, 5.74) is 0.381. The lowest BCUT2D eigenvalue weighted by Gasteiger charge is -2.34. The largest absolute Gasteiger partial charge is 0.481 e. The van der Waals surface area contributed by atoms with Crippen LogP contribution in [0, 0.1) is 0 Å². The van der Waals surface area contributed by atoms with Crippen molar-refractivity contribution < 1.29 is 29.3 Å². The number of carboxylic acids is 2. The fourth-order valence-electron chi connectivity index (χ4n) is 2.08. The predicted octanol–water partition coefficient (Wildman–Crippen LogP) is 2.47. The van der Waals surface area contributed by atoms with Crippen LogP contribution < -0.4 is 4.67 Å². The van der Waals surface area contributed by atoms with Crippen LogP contribution in [0.25, 0.3) is 0 Å². The van der Waals surface area contributed by atoms with E-state index in [1.807, 2.05) is 0 Å². The molecule has 0 aliphatic heterocycles. The predicted molar refractivity (Wildman–Crippen MR) is 80.1 cm³/mol. The lowest BCUT2D eigenvalue weighted by atomic mass is 10.1. The first-order valence-corrected chi connectivity index (χ1v) is 9.09. The normalized spacial score (nSPS) is 13.9. The molecule has 0 amide bonds. The molecular formula is C12H18NO6PS. The summed E-state index contributed by atoms with van der Waals surface area (Å²) in [4.78, 5) is 32.2. The highest BCUT2D eigenvalue weighted by molar-refractivity contribution is 7.59. The van der Waals surface area contributed by atoms with Gasteiger partial charge in [-0.2, -0.15) is 11.3 Å².